The van der Waals surface area contributed by atoms with Gasteiger partial charge in [0.1, 0.15) is 0 Å². The highest BCUT2D eigenvalue weighted by Crippen LogP contribution is 2.02. The van der Waals surface area contributed by atoms with Gasteiger partial charge in [0.2, 0.25) is 0 Å². The molecule has 19 heavy (non-hydrogen) atoms. The molecule has 4 heteroatoms. The summed E-state index contributed by atoms with van der Waals surface area (Å²) in [6.07, 6.45) is 1.08. The first kappa shape index (κ1) is 15.5. The predicted molar refractivity (Wildman–Crippen MR) is 77.1 cm³/mol. The van der Waals surface area contributed by atoms with Gasteiger partial charge in [-0.3, -0.25) is 0 Å². The Hall–Kier alpha value is -1.55. The molecule has 2 N–H and O–H groups in total. The second-order valence-electron chi connectivity index (χ2n) is 4.87. The van der Waals surface area contributed by atoms with Gasteiger partial charge in [-0.2, -0.15) is 0 Å². The van der Waals surface area contributed by atoms with Crippen LogP contribution in [-0.2, 0) is 11.3 Å². The molecule has 0 bridgehead atoms. The van der Waals surface area contributed by atoms with Gasteiger partial charge in [-0.15, -0.1) is 0 Å². The molecular formula is C15H24N2O2. The van der Waals surface area contributed by atoms with E-state index in [1.807, 2.05) is 45.0 Å². The van der Waals surface area contributed by atoms with E-state index in [-0.39, 0.29) is 12.1 Å². The van der Waals surface area contributed by atoms with Gasteiger partial charge >= 0.3 is 6.03 Å². The van der Waals surface area contributed by atoms with Crippen molar-refractivity contribution in [2.45, 2.75) is 39.8 Å². The van der Waals surface area contributed by atoms with Crippen LogP contribution in [0.15, 0.2) is 24.3 Å². The van der Waals surface area contributed by atoms with E-state index in [9.17, 15) is 4.79 Å². The van der Waals surface area contributed by atoms with Gasteiger partial charge in [0.15, 0.2) is 0 Å². The van der Waals surface area contributed by atoms with Crippen molar-refractivity contribution in [1.82, 2.24) is 10.6 Å². The third-order valence-corrected chi connectivity index (χ3v) is 2.63. The van der Waals surface area contributed by atoms with E-state index < -0.39 is 0 Å². The Morgan fingerprint density at radius 3 is 2.53 bits per heavy atom. The number of carbonyl (C=O) groups excluding carboxylic acids is 1. The van der Waals surface area contributed by atoms with Crippen molar-refractivity contribution in [3.8, 4) is 0 Å². The maximum Gasteiger partial charge on any atom is 0.315 e. The summed E-state index contributed by atoms with van der Waals surface area (Å²) in [6.45, 7) is 7.91. The van der Waals surface area contributed by atoms with Gasteiger partial charge in [0, 0.05) is 19.7 Å². The van der Waals surface area contributed by atoms with E-state index in [2.05, 4.69) is 10.6 Å². The van der Waals surface area contributed by atoms with Gasteiger partial charge in [0.05, 0.1) is 6.10 Å². The molecule has 1 aromatic rings. The van der Waals surface area contributed by atoms with Crippen molar-refractivity contribution >= 4 is 6.03 Å². The molecule has 0 unspecified atom stereocenters. The highest BCUT2D eigenvalue weighted by Gasteiger charge is 2.00. The zero-order valence-corrected chi connectivity index (χ0v) is 12.0. The van der Waals surface area contributed by atoms with Crippen molar-refractivity contribution in [3.63, 3.8) is 0 Å². The van der Waals surface area contributed by atoms with Crippen LogP contribution in [0.1, 0.15) is 31.4 Å². The van der Waals surface area contributed by atoms with Crippen LogP contribution in [0.25, 0.3) is 0 Å². The van der Waals surface area contributed by atoms with Crippen LogP contribution >= 0.6 is 0 Å². The molecule has 4 nitrogen and oxygen atoms in total. The Morgan fingerprint density at radius 1 is 1.21 bits per heavy atom. The summed E-state index contributed by atoms with van der Waals surface area (Å²) < 4.78 is 5.39. The number of aryl methyl sites for hydroxylation is 1. The molecule has 0 fully saturated rings. The Balaban J connectivity index is 2.09. The predicted octanol–water partition coefficient (Wildman–Crippen LogP) is 2.61. The summed E-state index contributed by atoms with van der Waals surface area (Å²) in [6, 6.07) is 7.99. The number of hydrogen-bond acceptors (Lipinski definition) is 2. The van der Waals surface area contributed by atoms with E-state index in [0.29, 0.717) is 19.7 Å². The first-order valence-electron chi connectivity index (χ1n) is 6.77. The zero-order valence-electron chi connectivity index (χ0n) is 12.0. The van der Waals surface area contributed by atoms with Gasteiger partial charge in [-0.05, 0) is 32.8 Å². The molecule has 0 radical (unpaired) electrons. The molecule has 0 heterocycles. The average Bonchev–Trinajstić information content (AvgIpc) is 2.37. The van der Waals surface area contributed by atoms with Crippen molar-refractivity contribution in [2.75, 3.05) is 13.2 Å². The summed E-state index contributed by atoms with van der Waals surface area (Å²) in [7, 11) is 0. The van der Waals surface area contributed by atoms with Crippen LogP contribution in [0.2, 0.25) is 0 Å². The minimum Gasteiger partial charge on any atom is -0.379 e. The zero-order chi connectivity index (χ0) is 14.1. The molecule has 106 valence electrons. The molecule has 1 rings (SSSR count). The minimum absolute atomic E-state index is 0.134. The van der Waals surface area contributed by atoms with Crippen LogP contribution in [0.4, 0.5) is 4.79 Å². The van der Waals surface area contributed by atoms with Crippen LogP contribution in [-0.4, -0.2) is 25.3 Å². The smallest absolute Gasteiger partial charge is 0.315 e. The molecule has 0 saturated carbocycles. The fraction of sp³-hybridized carbons (Fsp3) is 0.533. The Labute approximate surface area is 115 Å². The summed E-state index contributed by atoms with van der Waals surface area (Å²) in [5.41, 5.74) is 2.32. The molecular weight excluding hydrogens is 240 g/mol. The number of ether oxygens (including phenoxy) is 1. The number of amides is 2. The Bertz CT molecular complexity index is 374. The van der Waals surface area contributed by atoms with Gasteiger partial charge in [-0.25, -0.2) is 4.79 Å². The number of rotatable bonds is 7. The Morgan fingerprint density at radius 2 is 1.89 bits per heavy atom. The molecule has 0 atom stereocenters. The summed E-state index contributed by atoms with van der Waals surface area (Å²) in [5, 5.41) is 5.64. The van der Waals surface area contributed by atoms with Gasteiger partial charge in [0.25, 0.3) is 0 Å². The maximum atomic E-state index is 11.5. The number of nitrogens with one attached hydrogen (secondary N) is 2. The molecule has 0 saturated heterocycles. The normalized spacial score (nSPS) is 10.5. The standard InChI is InChI=1S/C15H24N2O2/c1-12(2)19-10-4-9-16-15(18)17-11-14-7-5-13(3)6-8-14/h5-8,12H,4,9-11H2,1-3H3,(H2,16,17,18). The quantitative estimate of drug-likeness (QED) is 0.744. The first-order valence-corrected chi connectivity index (χ1v) is 6.77. The van der Waals surface area contributed by atoms with Crippen molar-refractivity contribution in [2.24, 2.45) is 0 Å². The fourth-order valence-corrected chi connectivity index (χ4v) is 1.54. The molecule has 0 aliphatic carbocycles. The molecule has 0 aliphatic rings. The lowest BCUT2D eigenvalue weighted by Crippen LogP contribution is -2.35. The third kappa shape index (κ3) is 7.47. The molecule has 0 spiro atoms. The van der Waals surface area contributed by atoms with E-state index in [4.69, 9.17) is 4.74 Å². The monoisotopic (exact) mass is 264 g/mol. The van der Waals surface area contributed by atoms with Crippen LogP contribution < -0.4 is 10.6 Å². The van der Waals surface area contributed by atoms with E-state index >= 15 is 0 Å². The largest absolute Gasteiger partial charge is 0.379 e. The van der Waals surface area contributed by atoms with Crippen molar-refractivity contribution < 1.29 is 9.53 Å². The van der Waals surface area contributed by atoms with Gasteiger partial charge < -0.3 is 15.4 Å². The number of hydrogen-bond donors (Lipinski definition) is 2. The number of benzene rings is 1. The van der Waals surface area contributed by atoms with E-state index in [1.54, 1.807) is 0 Å². The number of urea groups is 1. The fourth-order valence-electron chi connectivity index (χ4n) is 1.54. The lowest BCUT2D eigenvalue weighted by molar-refractivity contribution is 0.0774. The van der Waals surface area contributed by atoms with Crippen LogP contribution in [0.5, 0.6) is 0 Å². The summed E-state index contributed by atoms with van der Waals surface area (Å²) in [4.78, 5) is 11.5. The SMILES string of the molecule is Cc1ccc(CNC(=O)NCCCOC(C)C)cc1. The molecule has 0 aromatic heterocycles. The maximum absolute atomic E-state index is 11.5. The second-order valence-corrected chi connectivity index (χ2v) is 4.87. The molecule has 0 aliphatic heterocycles. The third-order valence-electron chi connectivity index (χ3n) is 2.63. The lowest BCUT2D eigenvalue weighted by Gasteiger charge is -2.09. The van der Waals surface area contributed by atoms with Crippen LogP contribution in [0.3, 0.4) is 0 Å². The van der Waals surface area contributed by atoms with E-state index in [0.717, 1.165) is 12.0 Å². The summed E-state index contributed by atoms with van der Waals surface area (Å²) >= 11 is 0. The minimum atomic E-state index is -0.134. The van der Waals surface area contributed by atoms with Crippen molar-refractivity contribution in [1.29, 1.82) is 0 Å². The van der Waals surface area contributed by atoms with Gasteiger partial charge in [-0.1, -0.05) is 29.8 Å². The molecule has 2 amide bonds. The van der Waals surface area contributed by atoms with Crippen LogP contribution in [0, 0.1) is 6.92 Å². The van der Waals surface area contributed by atoms with E-state index in [1.165, 1.54) is 5.56 Å². The summed E-state index contributed by atoms with van der Waals surface area (Å²) in [5.74, 6) is 0. The average molecular weight is 264 g/mol. The van der Waals surface area contributed by atoms with Crippen molar-refractivity contribution in [3.05, 3.63) is 35.4 Å². The topological polar surface area (TPSA) is 50.4 Å². The Kier molecular flexibility index (Phi) is 6.97. The lowest BCUT2D eigenvalue weighted by atomic mass is 10.1. The highest BCUT2D eigenvalue weighted by molar-refractivity contribution is 5.73. The number of carbonyl (C=O) groups is 1. The molecule has 1 aromatic carbocycles. The highest BCUT2D eigenvalue weighted by atomic mass is 16.5. The first-order chi connectivity index (χ1) is 9.08. The second kappa shape index (κ2) is 8.53.